The second kappa shape index (κ2) is 29.2. The molecule has 0 N–H and O–H groups in total. The van der Waals surface area contributed by atoms with Gasteiger partial charge in [0, 0.05) is 0 Å². The van der Waals surface area contributed by atoms with Gasteiger partial charge >= 0.3 is 0 Å². The predicted molar refractivity (Wildman–Crippen MR) is 75.3 cm³/mol. The van der Waals surface area contributed by atoms with Crippen LogP contribution in [0.3, 0.4) is 0 Å². The molecule has 90 valence electrons. The molecule has 0 aliphatic heterocycles. The second-order valence-corrected chi connectivity index (χ2v) is 2.66. The summed E-state index contributed by atoms with van der Waals surface area (Å²) in [6, 6.07) is 0. The summed E-state index contributed by atoms with van der Waals surface area (Å²) in [5, 5.41) is 0. The minimum Gasteiger partial charge on any atom is -0.0914 e. The molecule has 0 radical (unpaired) electrons. The van der Waals surface area contributed by atoms with Crippen molar-refractivity contribution >= 4 is 0 Å². The largest absolute Gasteiger partial charge is 0.0914 e. The van der Waals surface area contributed by atoms with E-state index in [0.29, 0.717) is 0 Å². The maximum absolute atomic E-state index is 2.18. The van der Waals surface area contributed by atoms with Gasteiger partial charge in [-0.15, -0.1) is 0 Å². The van der Waals surface area contributed by atoms with Crippen LogP contribution in [0.15, 0.2) is 36.5 Å². The van der Waals surface area contributed by atoms with Crippen molar-refractivity contribution < 1.29 is 0 Å². The molecule has 0 atom stereocenters. The van der Waals surface area contributed by atoms with Crippen LogP contribution in [0, 0.1) is 0 Å². The predicted octanol–water partition coefficient (Wildman–Crippen LogP) is 5.92. The van der Waals surface area contributed by atoms with Gasteiger partial charge in [-0.05, 0) is 33.1 Å². The van der Waals surface area contributed by atoms with Crippen LogP contribution >= 0.6 is 0 Å². The number of allylic oxidation sites excluding steroid dienone is 6. The highest BCUT2D eigenvalue weighted by Gasteiger charge is 1.61. The Morgan fingerprint density at radius 1 is 0.667 bits per heavy atom. The first-order valence-electron chi connectivity index (χ1n) is 6.20. The third-order valence-electron chi connectivity index (χ3n) is 1.38. The summed E-state index contributed by atoms with van der Waals surface area (Å²) in [7, 11) is 0. The van der Waals surface area contributed by atoms with Crippen LogP contribution in [0.4, 0.5) is 0 Å². The third kappa shape index (κ3) is 43.0. The van der Waals surface area contributed by atoms with Crippen LogP contribution in [0.2, 0.25) is 0 Å². The van der Waals surface area contributed by atoms with E-state index in [-0.39, 0.29) is 0 Å². The molecule has 0 aromatic rings. The molecule has 0 amide bonds. The average molecular weight is 210 g/mol. The maximum Gasteiger partial charge on any atom is -0.0169 e. The van der Waals surface area contributed by atoms with Gasteiger partial charge < -0.3 is 0 Å². The van der Waals surface area contributed by atoms with E-state index in [2.05, 4.69) is 50.3 Å². The van der Waals surface area contributed by atoms with Gasteiger partial charge in [0.15, 0.2) is 0 Å². The fourth-order valence-electron chi connectivity index (χ4n) is 0.684. The Kier molecular flexibility index (Phi) is 38.5. The number of hydrogen-bond acceptors (Lipinski definition) is 0. The zero-order valence-corrected chi connectivity index (χ0v) is 11.6. The van der Waals surface area contributed by atoms with Crippen molar-refractivity contribution in [2.75, 3.05) is 0 Å². The first kappa shape index (κ1) is 19.7. The summed E-state index contributed by atoms with van der Waals surface area (Å²) in [6.07, 6.45) is 16.1. The van der Waals surface area contributed by atoms with Crippen LogP contribution in [0.5, 0.6) is 0 Å². The lowest BCUT2D eigenvalue weighted by atomic mass is 10.3. The number of hydrogen-bond donors (Lipinski definition) is 0. The lowest BCUT2D eigenvalue weighted by molar-refractivity contribution is 1.16. The van der Waals surface area contributed by atoms with Crippen molar-refractivity contribution in [2.45, 2.75) is 60.8 Å². The van der Waals surface area contributed by atoms with Gasteiger partial charge in [0.1, 0.15) is 0 Å². The van der Waals surface area contributed by atoms with Crippen molar-refractivity contribution in [1.82, 2.24) is 0 Å². The van der Waals surface area contributed by atoms with E-state index >= 15 is 0 Å². The Hall–Kier alpha value is -0.780. The van der Waals surface area contributed by atoms with Crippen LogP contribution in [-0.2, 0) is 0 Å². The molecule has 0 aromatic carbocycles. The first-order chi connectivity index (χ1) is 7.33. The van der Waals surface area contributed by atoms with Crippen molar-refractivity contribution in [3.63, 3.8) is 0 Å². The third-order valence-corrected chi connectivity index (χ3v) is 1.38. The molecule has 0 heterocycles. The van der Waals surface area contributed by atoms with Crippen molar-refractivity contribution in [3.8, 4) is 0 Å². The smallest absolute Gasteiger partial charge is 0.0169 e. The first-order valence-corrected chi connectivity index (χ1v) is 6.20. The zero-order valence-electron chi connectivity index (χ0n) is 11.6. The summed E-state index contributed by atoms with van der Waals surface area (Å²) < 4.78 is 0. The van der Waals surface area contributed by atoms with Crippen LogP contribution in [0.1, 0.15) is 60.8 Å². The molecular weight excluding hydrogens is 180 g/mol. The van der Waals surface area contributed by atoms with Gasteiger partial charge in [-0.3, -0.25) is 0 Å². The molecule has 0 unspecified atom stereocenters. The average Bonchev–Trinajstić information content (AvgIpc) is 2.31. The minimum atomic E-state index is 1.08. The molecule has 0 nitrogen and oxygen atoms in total. The fraction of sp³-hybridized carbons (Fsp3) is 0.600. The van der Waals surface area contributed by atoms with Gasteiger partial charge in [0.25, 0.3) is 0 Å². The zero-order chi connectivity index (χ0) is 12.4. The van der Waals surface area contributed by atoms with E-state index in [4.69, 9.17) is 0 Å². The van der Waals surface area contributed by atoms with Gasteiger partial charge in [-0.1, -0.05) is 64.2 Å². The van der Waals surface area contributed by atoms with Gasteiger partial charge in [0.05, 0.1) is 0 Å². The molecule has 0 bridgehead atoms. The standard InChI is InChI=1S/C7H12.C6H12.C2H6/c1-3-5-7-6-4-2;1-3-5-6-4-2;1-2/h3-6H,7H2,1-2H3;5-6H,3-4H2,1-2H3;1-2H3/b5-3-,6-4-;6-5-;. The molecule has 0 spiro atoms. The Morgan fingerprint density at radius 3 is 1.20 bits per heavy atom. The Bertz CT molecular complexity index is 122. The van der Waals surface area contributed by atoms with E-state index in [0.717, 1.165) is 6.42 Å². The topological polar surface area (TPSA) is 0 Å². The van der Waals surface area contributed by atoms with Crippen LogP contribution < -0.4 is 0 Å². The van der Waals surface area contributed by atoms with E-state index < -0.39 is 0 Å². The molecule has 0 saturated carbocycles. The summed E-state index contributed by atoms with van der Waals surface area (Å²) in [4.78, 5) is 0. The van der Waals surface area contributed by atoms with Gasteiger partial charge in [-0.2, -0.15) is 0 Å². The fourth-order valence-corrected chi connectivity index (χ4v) is 0.684. The molecular formula is C15H30. The summed E-state index contributed by atoms with van der Waals surface area (Å²) in [5.41, 5.74) is 0. The van der Waals surface area contributed by atoms with Crippen molar-refractivity contribution in [3.05, 3.63) is 36.5 Å². The highest BCUT2D eigenvalue weighted by molar-refractivity contribution is 4.88. The van der Waals surface area contributed by atoms with Crippen LogP contribution in [-0.4, -0.2) is 0 Å². The van der Waals surface area contributed by atoms with E-state index in [1.165, 1.54) is 12.8 Å². The minimum absolute atomic E-state index is 1.08. The Morgan fingerprint density at radius 2 is 1.00 bits per heavy atom. The molecule has 0 aliphatic carbocycles. The molecule has 0 aliphatic rings. The van der Waals surface area contributed by atoms with Gasteiger partial charge in [0.2, 0.25) is 0 Å². The SMILES string of the molecule is C/C=C\C/C=C\C.CC.CC/C=C\CC. The Labute approximate surface area is 97.8 Å². The maximum atomic E-state index is 2.18. The molecule has 0 aromatic heterocycles. The molecule has 0 heteroatoms. The highest BCUT2D eigenvalue weighted by atomic mass is 13.7. The second-order valence-electron chi connectivity index (χ2n) is 2.66. The van der Waals surface area contributed by atoms with E-state index in [9.17, 15) is 0 Å². The number of rotatable bonds is 4. The summed E-state index contributed by atoms with van der Waals surface area (Å²) in [6.45, 7) is 12.4. The normalized spacial score (nSPS) is 10.0. The monoisotopic (exact) mass is 210 g/mol. The van der Waals surface area contributed by atoms with Crippen molar-refractivity contribution in [1.29, 1.82) is 0 Å². The summed E-state index contributed by atoms with van der Waals surface area (Å²) in [5.74, 6) is 0. The lowest BCUT2D eigenvalue weighted by Gasteiger charge is -1.73. The lowest BCUT2D eigenvalue weighted by Crippen LogP contribution is -1.52. The quantitative estimate of drug-likeness (QED) is 0.505. The summed E-state index contributed by atoms with van der Waals surface area (Å²) >= 11 is 0. The van der Waals surface area contributed by atoms with E-state index in [1.807, 2.05) is 27.7 Å². The molecule has 15 heavy (non-hydrogen) atoms. The van der Waals surface area contributed by atoms with Crippen molar-refractivity contribution in [2.24, 2.45) is 0 Å². The Balaban J connectivity index is -0.000000166. The van der Waals surface area contributed by atoms with Gasteiger partial charge in [-0.25, -0.2) is 0 Å². The van der Waals surface area contributed by atoms with E-state index in [1.54, 1.807) is 0 Å². The molecule has 0 fully saturated rings. The molecule has 0 saturated heterocycles. The highest BCUT2D eigenvalue weighted by Crippen LogP contribution is 1.82. The van der Waals surface area contributed by atoms with Crippen LogP contribution in [0.25, 0.3) is 0 Å². The molecule has 0 rings (SSSR count).